The Morgan fingerprint density at radius 2 is 1.75 bits per heavy atom. The molecule has 0 atom stereocenters. The molecule has 1 heterocycles. The highest BCUT2D eigenvalue weighted by Gasteiger charge is 2.22. The molecule has 2 heteroatoms. The molecule has 20 heavy (non-hydrogen) atoms. The maximum atomic E-state index is 7.46. The molecule has 0 aliphatic carbocycles. The summed E-state index contributed by atoms with van der Waals surface area (Å²) in [7, 11) is -1.44. The van der Waals surface area contributed by atoms with Crippen molar-refractivity contribution in [3.05, 3.63) is 47.7 Å². The van der Waals surface area contributed by atoms with Crippen molar-refractivity contribution in [3.8, 4) is 11.3 Å². The molecule has 1 nitrogen and oxygen atoms in total. The van der Waals surface area contributed by atoms with Gasteiger partial charge >= 0.3 is 0 Å². The van der Waals surface area contributed by atoms with E-state index in [2.05, 4.69) is 44.5 Å². The topological polar surface area (TPSA) is 12.9 Å². The first-order valence-corrected chi connectivity index (χ1v) is 10.6. The van der Waals surface area contributed by atoms with Crippen molar-refractivity contribution >= 4 is 13.3 Å². The molecule has 0 saturated carbocycles. The summed E-state index contributed by atoms with van der Waals surface area (Å²) in [5, 5.41) is 1.40. The number of aryl methyl sites for hydroxylation is 1. The van der Waals surface area contributed by atoms with E-state index in [1.165, 1.54) is 10.8 Å². The first-order chi connectivity index (χ1) is 10.5. The minimum Gasteiger partial charge on any atom is -0.256 e. The summed E-state index contributed by atoms with van der Waals surface area (Å²) in [6.45, 7) is 9.36. The minimum atomic E-state index is -2.06. The second-order valence-corrected chi connectivity index (χ2v) is 11.7. The molecule has 0 saturated heterocycles. The van der Waals surface area contributed by atoms with Crippen molar-refractivity contribution in [2.75, 3.05) is 0 Å². The van der Waals surface area contributed by atoms with E-state index in [0.29, 0.717) is 11.5 Å². The molecule has 0 radical (unpaired) electrons. The summed E-state index contributed by atoms with van der Waals surface area (Å²) >= 11 is 0. The van der Waals surface area contributed by atoms with Gasteiger partial charge in [0.15, 0.2) is 0 Å². The molecule has 106 valence electrons. The van der Waals surface area contributed by atoms with Crippen LogP contribution in [0.3, 0.4) is 0 Å². The van der Waals surface area contributed by atoms with Crippen LogP contribution in [-0.4, -0.2) is 13.1 Å². The van der Waals surface area contributed by atoms with Crippen LogP contribution in [0.2, 0.25) is 19.6 Å². The van der Waals surface area contributed by atoms with Crippen molar-refractivity contribution in [2.45, 2.75) is 46.3 Å². The maximum Gasteiger partial charge on any atom is 0.0799 e. The van der Waals surface area contributed by atoms with Crippen LogP contribution in [0.25, 0.3) is 11.3 Å². The van der Waals surface area contributed by atoms with E-state index in [4.69, 9.17) is 4.11 Å². The summed E-state index contributed by atoms with van der Waals surface area (Å²) < 4.78 is 22.4. The van der Waals surface area contributed by atoms with Crippen molar-refractivity contribution in [1.82, 2.24) is 4.98 Å². The van der Waals surface area contributed by atoms with Gasteiger partial charge in [0.25, 0.3) is 0 Å². The molecule has 2 rings (SSSR count). The highest BCUT2D eigenvalue weighted by Crippen LogP contribution is 2.23. The van der Waals surface area contributed by atoms with Crippen LogP contribution in [0.15, 0.2) is 36.5 Å². The number of hydrogen-bond donors (Lipinski definition) is 0. The van der Waals surface area contributed by atoms with Crippen molar-refractivity contribution < 1.29 is 4.11 Å². The summed E-state index contributed by atoms with van der Waals surface area (Å²) in [4.78, 5) is 4.64. The van der Waals surface area contributed by atoms with Crippen molar-refractivity contribution in [3.63, 3.8) is 0 Å². The highest BCUT2D eigenvalue weighted by molar-refractivity contribution is 6.89. The van der Waals surface area contributed by atoms with Gasteiger partial charge in [-0.2, -0.15) is 0 Å². The third kappa shape index (κ3) is 3.18. The van der Waals surface area contributed by atoms with Gasteiger partial charge in [-0.3, -0.25) is 4.98 Å². The number of benzene rings is 1. The van der Waals surface area contributed by atoms with Gasteiger partial charge in [-0.1, -0.05) is 63.3 Å². The van der Waals surface area contributed by atoms with Gasteiger partial charge in [-0.15, -0.1) is 0 Å². The Labute approximate surface area is 128 Å². The Hall–Kier alpha value is -1.41. The van der Waals surface area contributed by atoms with E-state index in [9.17, 15) is 0 Å². The fraction of sp³-hybridized carbons (Fsp3) is 0.389. The lowest BCUT2D eigenvalue weighted by Crippen LogP contribution is -2.40. The Morgan fingerprint density at radius 1 is 1.10 bits per heavy atom. The largest absolute Gasteiger partial charge is 0.256 e. The van der Waals surface area contributed by atoms with Gasteiger partial charge in [0, 0.05) is 15.9 Å². The second-order valence-electron chi connectivity index (χ2n) is 6.64. The lowest BCUT2D eigenvalue weighted by Gasteiger charge is -2.23. The Balaban J connectivity index is 2.47. The summed E-state index contributed by atoms with van der Waals surface area (Å²) in [5.41, 5.74) is 3.59. The fourth-order valence-corrected chi connectivity index (χ4v) is 4.05. The monoisotopic (exact) mass is 286 g/mol. The molecular formula is C18H25NSi. The number of pyridine rings is 1. The first-order valence-electron chi connectivity index (χ1n) is 8.61. The van der Waals surface area contributed by atoms with Crippen molar-refractivity contribution in [1.29, 1.82) is 0 Å². The van der Waals surface area contributed by atoms with Crippen LogP contribution in [0.5, 0.6) is 0 Å². The minimum absolute atomic E-state index is 0.365. The average molecular weight is 287 g/mol. The summed E-state index contributed by atoms with van der Waals surface area (Å²) in [6.07, 6.45) is 2.02. The van der Waals surface area contributed by atoms with E-state index in [1.807, 2.05) is 18.3 Å². The van der Waals surface area contributed by atoms with E-state index >= 15 is 0 Å². The van der Waals surface area contributed by atoms with Crippen LogP contribution in [0.4, 0.5) is 0 Å². The third-order valence-electron chi connectivity index (χ3n) is 3.55. The standard InChI is InChI=1S/C18H25NSi/c1-13(2)16-11-17(15-9-7-14(3)8-10-15)19-12-18(16)20(4,5)6/h7-13H,1-6H3/i3D3. The van der Waals surface area contributed by atoms with Crippen LogP contribution in [0.1, 0.15) is 35.0 Å². The SMILES string of the molecule is [2H]C([2H])([2H])c1ccc(-c2cc(C(C)C)c([Si](C)(C)C)cn2)cc1. The predicted molar refractivity (Wildman–Crippen MR) is 91.5 cm³/mol. The fourth-order valence-electron chi connectivity index (χ4n) is 2.37. The zero-order valence-electron chi connectivity index (χ0n) is 16.0. The molecule has 0 spiro atoms. The number of hydrogen-bond acceptors (Lipinski definition) is 1. The second kappa shape index (κ2) is 5.53. The molecule has 0 N–H and O–H groups in total. The molecule has 0 fully saturated rings. The lowest BCUT2D eigenvalue weighted by atomic mass is 10.0. The number of aromatic nitrogens is 1. The highest BCUT2D eigenvalue weighted by atomic mass is 28.3. The molecule has 0 aliphatic rings. The lowest BCUT2D eigenvalue weighted by molar-refractivity contribution is 0.870. The average Bonchev–Trinajstić information content (AvgIpc) is 2.45. The molecule has 0 bridgehead atoms. The van der Waals surface area contributed by atoms with Gasteiger partial charge in [0.2, 0.25) is 0 Å². The van der Waals surface area contributed by atoms with Gasteiger partial charge in [-0.25, -0.2) is 0 Å². The maximum absolute atomic E-state index is 7.46. The van der Waals surface area contributed by atoms with E-state index < -0.39 is 14.9 Å². The molecule has 0 amide bonds. The first kappa shape index (κ1) is 11.3. The summed E-state index contributed by atoms with van der Waals surface area (Å²) in [6, 6.07) is 9.21. The van der Waals surface area contributed by atoms with Crippen molar-refractivity contribution in [2.24, 2.45) is 0 Å². The summed E-state index contributed by atoms with van der Waals surface area (Å²) in [5.74, 6) is 0.445. The zero-order valence-corrected chi connectivity index (χ0v) is 14.0. The molecule has 0 unspecified atom stereocenters. The Kier molecular flexibility index (Phi) is 3.11. The van der Waals surface area contributed by atoms with Crippen LogP contribution < -0.4 is 5.19 Å². The number of rotatable bonds is 3. The van der Waals surface area contributed by atoms with E-state index in [0.717, 1.165) is 11.3 Å². The zero-order chi connectivity index (χ0) is 17.4. The smallest absolute Gasteiger partial charge is 0.0799 e. The van der Waals surface area contributed by atoms with Crippen LogP contribution in [0, 0.1) is 6.85 Å². The van der Waals surface area contributed by atoms with Gasteiger partial charge in [0.05, 0.1) is 13.8 Å². The quantitative estimate of drug-likeness (QED) is 0.744. The van der Waals surface area contributed by atoms with E-state index in [1.54, 1.807) is 12.1 Å². The van der Waals surface area contributed by atoms with Gasteiger partial charge in [-0.05, 0) is 29.6 Å². The third-order valence-corrected chi connectivity index (χ3v) is 5.58. The normalized spacial score (nSPS) is 14.8. The molecule has 0 aliphatic heterocycles. The van der Waals surface area contributed by atoms with Crippen LogP contribution >= 0.6 is 0 Å². The van der Waals surface area contributed by atoms with Gasteiger partial charge < -0.3 is 0 Å². The Morgan fingerprint density at radius 3 is 2.25 bits per heavy atom. The number of nitrogens with zero attached hydrogens (tertiary/aromatic N) is 1. The molecule has 1 aromatic heterocycles. The van der Waals surface area contributed by atoms with Crippen LogP contribution in [-0.2, 0) is 0 Å². The van der Waals surface area contributed by atoms with Gasteiger partial charge in [0.1, 0.15) is 0 Å². The molecular weight excluding hydrogens is 258 g/mol. The predicted octanol–water partition coefficient (Wildman–Crippen LogP) is 4.73. The van der Waals surface area contributed by atoms with E-state index in [-0.39, 0.29) is 0 Å². The Bertz CT molecular complexity index is 683. The molecule has 1 aromatic carbocycles. The molecule has 2 aromatic rings.